The number of benzene rings is 2. The second kappa shape index (κ2) is 7.64. The Bertz CT molecular complexity index is 1480. The van der Waals surface area contributed by atoms with Crippen LogP contribution in [0.1, 0.15) is 40.1 Å². The molecule has 6 nitrogen and oxygen atoms in total. The van der Waals surface area contributed by atoms with Crippen molar-refractivity contribution in [1.82, 2.24) is 14.5 Å². The molecule has 3 heterocycles. The molecule has 0 atom stereocenters. The van der Waals surface area contributed by atoms with E-state index in [0.29, 0.717) is 17.7 Å². The number of aryl methyl sites for hydroxylation is 3. The lowest BCUT2D eigenvalue weighted by Crippen LogP contribution is -2.05. The molecule has 5 rings (SSSR count). The van der Waals surface area contributed by atoms with E-state index in [4.69, 9.17) is 14.4 Å². The SMILES string of the molecule is CCc1nc2c(C)cc(C)nc2n1Cc1ccc(-c2c(C(=O)O)oc3ccccc23)cc1. The molecular formula is C26H23N3O3. The highest BCUT2D eigenvalue weighted by Crippen LogP contribution is 2.35. The Morgan fingerprint density at radius 1 is 1.06 bits per heavy atom. The molecule has 3 aromatic heterocycles. The molecule has 0 saturated carbocycles. The van der Waals surface area contributed by atoms with Crippen LogP contribution in [0.5, 0.6) is 0 Å². The summed E-state index contributed by atoms with van der Waals surface area (Å²) in [7, 11) is 0. The molecule has 0 spiro atoms. The first-order valence-corrected chi connectivity index (χ1v) is 10.6. The zero-order valence-electron chi connectivity index (χ0n) is 18.2. The minimum Gasteiger partial charge on any atom is -0.475 e. The standard InChI is InChI=1S/C26H23N3O3/c1-4-21-28-23-15(2)13-16(3)27-25(23)29(21)14-17-9-11-18(12-10-17)22-19-7-5-6-8-20(19)32-24(22)26(30)31/h5-13H,4,14H2,1-3H3,(H,30,31). The van der Waals surface area contributed by atoms with Gasteiger partial charge in [-0.05, 0) is 42.7 Å². The summed E-state index contributed by atoms with van der Waals surface area (Å²) < 4.78 is 7.78. The monoisotopic (exact) mass is 425 g/mol. The van der Waals surface area contributed by atoms with Gasteiger partial charge in [-0.1, -0.05) is 49.4 Å². The van der Waals surface area contributed by atoms with Gasteiger partial charge in [0.1, 0.15) is 16.9 Å². The van der Waals surface area contributed by atoms with Crippen LogP contribution in [0, 0.1) is 13.8 Å². The molecule has 0 fully saturated rings. The number of carboxylic acid groups (broad SMARTS) is 1. The number of hydrogen-bond donors (Lipinski definition) is 1. The largest absolute Gasteiger partial charge is 0.475 e. The van der Waals surface area contributed by atoms with E-state index in [-0.39, 0.29) is 5.76 Å². The van der Waals surface area contributed by atoms with E-state index in [1.807, 2.05) is 49.4 Å². The van der Waals surface area contributed by atoms with Gasteiger partial charge in [-0.25, -0.2) is 14.8 Å². The average Bonchev–Trinajstić information content (AvgIpc) is 3.33. The fraction of sp³-hybridized carbons (Fsp3) is 0.192. The fourth-order valence-electron chi connectivity index (χ4n) is 4.33. The predicted octanol–water partition coefficient (Wildman–Crippen LogP) is 5.77. The number of carboxylic acids is 1. The molecule has 5 aromatic rings. The third-order valence-electron chi connectivity index (χ3n) is 5.79. The van der Waals surface area contributed by atoms with E-state index >= 15 is 0 Å². The van der Waals surface area contributed by atoms with Gasteiger partial charge in [0.05, 0.1) is 6.54 Å². The number of rotatable bonds is 5. The number of nitrogens with zero attached hydrogens (tertiary/aromatic N) is 3. The summed E-state index contributed by atoms with van der Waals surface area (Å²) in [6.45, 7) is 6.81. The first-order valence-electron chi connectivity index (χ1n) is 10.6. The Hall–Kier alpha value is -3.93. The van der Waals surface area contributed by atoms with Crippen molar-refractivity contribution in [2.24, 2.45) is 0 Å². The van der Waals surface area contributed by atoms with Crippen molar-refractivity contribution in [2.45, 2.75) is 33.7 Å². The summed E-state index contributed by atoms with van der Waals surface area (Å²) >= 11 is 0. The van der Waals surface area contributed by atoms with Crippen molar-refractivity contribution in [1.29, 1.82) is 0 Å². The van der Waals surface area contributed by atoms with Gasteiger partial charge in [0, 0.05) is 23.1 Å². The van der Waals surface area contributed by atoms with Crippen molar-refractivity contribution in [3.8, 4) is 11.1 Å². The second-order valence-corrected chi connectivity index (χ2v) is 8.02. The van der Waals surface area contributed by atoms with Crippen LogP contribution in [0.25, 0.3) is 33.3 Å². The van der Waals surface area contributed by atoms with E-state index in [9.17, 15) is 9.90 Å². The predicted molar refractivity (Wildman–Crippen MR) is 124 cm³/mol. The van der Waals surface area contributed by atoms with Gasteiger partial charge < -0.3 is 14.1 Å². The van der Waals surface area contributed by atoms with Gasteiger partial charge in [0.2, 0.25) is 5.76 Å². The number of imidazole rings is 1. The number of fused-ring (bicyclic) bond motifs is 2. The van der Waals surface area contributed by atoms with Crippen molar-refractivity contribution >= 4 is 28.1 Å². The lowest BCUT2D eigenvalue weighted by atomic mass is 10.0. The van der Waals surface area contributed by atoms with E-state index in [2.05, 4.69) is 24.5 Å². The van der Waals surface area contributed by atoms with Crippen LogP contribution < -0.4 is 0 Å². The summed E-state index contributed by atoms with van der Waals surface area (Å²) in [6.07, 6.45) is 0.815. The summed E-state index contributed by atoms with van der Waals surface area (Å²) in [5.41, 5.74) is 7.03. The fourth-order valence-corrected chi connectivity index (χ4v) is 4.33. The maximum absolute atomic E-state index is 11.8. The molecule has 1 N–H and O–H groups in total. The summed E-state index contributed by atoms with van der Waals surface area (Å²) in [5.74, 6) is -0.114. The summed E-state index contributed by atoms with van der Waals surface area (Å²) in [6, 6.07) is 17.4. The van der Waals surface area contributed by atoms with Crippen LogP contribution in [0.2, 0.25) is 0 Å². The van der Waals surface area contributed by atoms with Gasteiger partial charge in [-0.3, -0.25) is 0 Å². The zero-order valence-corrected chi connectivity index (χ0v) is 18.2. The molecule has 0 radical (unpaired) electrons. The highest BCUT2D eigenvalue weighted by molar-refractivity contribution is 6.05. The lowest BCUT2D eigenvalue weighted by Gasteiger charge is -2.09. The lowest BCUT2D eigenvalue weighted by molar-refractivity contribution is 0.0666. The Kier molecular flexibility index (Phi) is 4.78. The molecule has 0 aliphatic heterocycles. The molecule has 160 valence electrons. The highest BCUT2D eigenvalue weighted by atomic mass is 16.4. The van der Waals surface area contributed by atoms with Crippen LogP contribution in [-0.4, -0.2) is 25.6 Å². The molecule has 32 heavy (non-hydrogen) atoms. The smallest absolute Gasteiger partial charge is 0.372 e. The summed E-state index contributed by atoms with van der Waals surface area (Å²) in [4.78, 5) is 21.3. The normalized spacial score (nSPS) is 11.5. The number of pyridine rings is 1. The third kappa shape index (κ3) is 3.24. The Labute approximate surface area is 185 Å². The Morgan fingerprint density at radius 2 is 1.81 bits per heavy atom. The Balaban J connectivity index is 1.56. The van der Waals surface area contributed by atoms with Crippen molar-refractivity contribution in [3.63, 3.8) is 0 Å². The molecule has 0 aliphatic carbocycles. The van der Waals surface area contributed by atoms with Crippen LogP contribution in [0.3, 0.4) is 0 Å². The number of carbonyl (C=O) groups is 1. The van der Waals surface area contributed by atoms with Gasteiger partial charge >= 0.3 is 5.97 Å². The number of furan rings is 1. The van der Waals surface area contributed by atoms with E-state index in [1.54, 1.807) is 6.07 Å². The molecule has 6 heteroatoms. The molecule has 0 bridgehead atoms. The number of hydrogen-bond acceptors (Lipinski definition) is 4. The van der Waals surface area contributed by atoms with Gasteiger partial charge in [0.15, 0.2) is 5.65 Å². The second-order valence-electron chi connectivity index (χ2n) is 8.02. The van der Waals surface area contributed by atoms with Crippen molar-refractivity contribution in [2.75, 3.05) is 0 Å². The topological polar surface area (TPSA) is 81.2 Å². The highest BCUT2D eigenvalue weighted by Gasteiger charge is 2.21. The number of aromatic carboxylic acids is 1. The first-order chi connectivity index (χ1) is 15.5. The third-order valence-corrected chi connectivity index (χ3v) is 5.79. The van der Waals surface area contributed by atoms with Gasteiger partial charge in [-0.2, -0.15) is 0 Å². The molecule has 2 aromatic carbocycles. The molecule has 0 unspecified atom stereocenters. The first kappa shape index (κ1) is 20.0. The van der Waals surface area contributed by atoms with E-state index in [0.717, 1.165) is 51.2 Å². The van der Waals surface area contributed by atoms with Crippen LogP contribution >= 0.6 is 0 Å². The molecule has 0 amide bonds. The number of para-hydroxylation sites is 1. The maximum Gasteiger partial charge on any atom is 0.372 e. The number of aromatic nitrogens is 3. The summed E-state index contributed by atoms with van der Waals surface area (Å²) in [5, 5.41) is 10.4. The average molecular weight is 425 g/mol. The van der Waals surface area contributed by atoms with Crippen molar-refractivity contribution < 1.29 is 14.3 Å². The minimum atomic E-state index is -1.07. The molecular weight excluding hydrogens is 402 g/mol. The quantitative estimate of drug-likeness (QED) is 0.387. The minimum absolute atomic E-state index is 0.0389. The van der Waals surface area contributed by atoms with Crippen molar-refractivity contribution in [3.05, 3.63) is 83.0 Å². The van der Waals surface area contributed by atoms with Crippen LogP contribution in [0.4, 0.5) is 0 Å². The van der Waals surface area contributed by atoms with E-state index in [1.165, 1.54) is 0 Å². The Morgan fingerprint density at radius 3 is 2.53 bits per heavy atom. The molecule has 0 saturated heterocycles. The van der Waals surface area contributed by atoms with E-state index < -0.39 is 5.97 Å². The van der Waals surface area contributed by atoms with Gasteiger partial charge in [-0.15, -0.1) is 0 Å². The van der Waals surface area contributed by atoms with Crippen LogP contribution in [-0.2, 0) is 13.0 Å². The molecule has 0 aliphatic rings. The maximum atomic E-state index is 11.8. The van der Waals surface area contributed by atoms with Crippen LogP contribution in [0.15, 0.2) is 59.0 Å². The van der Waals surface area contributed by atoms with Gasteiger partial charge in [0.25, 0.3) is 0 Å². The zero-order chi connectivity index (χ0) is 22.4.